The van der Waals surface area contributed by atoms with Gasteiger partial charge in [0.25, 0.3) is 5.91 Å². The minimum atomic E-state index is -1.11. The van der Waals surface area contributed by atoms with E-state index in [4.69, 9.17) is 9.84 Å². The maximum Gasteiger partial charge on any atom is 0.326 e. The number of amides is 1. The minimum Gasteiger partial charge on any atom is -0.494 e. The fourth-order valence-electron chi connectivity index (χ4n) is 1.60. The lowest BCUT2D eigenvalue weighted by Gasteiger charge is -2.13. The molecule has 1 atom stereocenters. The van der Waals surface area contributed by atoms with Crippen LogP contribution in [0.3, 0.4) is 0 Å². The van der Waals surface area contributed by atoms with Gasteiger partial charge in [-0.15, -0.1) is 0 Å². The number of halogens is 1. The van der Waals surface area contributed by atoms with Crippen LogP contribution >= 0.6 is 0 Å². The molecular weight excluding hydrogens is 253 g/mol. The molecule has 0 bridgehead atoms. The van der Waals surface area contributed by atoms with Crippen LogP contribution in [0.25, 0.3) is 0 Å². The van der Waals surface area contributed by atoms with Crippen molar-refractivity contribution in [3.8, 4) is 5.75 Å². The molecule has 0 heterocycles. The van der Waals surface area contributed by atoms with E-state index in [1.165, 1.54) is 19.2 Å². The average Bonchev–Trinajstić information content (AvgIpc) is 2.37. The molecule has 1 rings (SSSR count). The van der Waals surface area contributed by atoms with Gasteiger partial charge in [0.1, 0.15) is 6.04 Å². The number of nitrogens with one attached hydrogen (secondary N) is 1. The van der Waals surface area contributed by atoms with Crippen molar-refractivity contribution in [1.82, 2.24) is 5.32 Å². The Hall–Kier alpha value is -2.11. The van der Waals surface area contributed by atoms with Gasteiger partial charge in [0, 0.05) is 5.56 Å². The van der Waals surface area contributed by atoms with Gasteiger partial charge in [0.2, 0.25) is 0 Å². The molecule has 0 spiro atoms. The molecule has 19 heavy (non-hydrogen) atoms. The number of methoxy groups -OCH3 is 1. The molecule has 1 amide bonds. The smallest absolute Gasteiger partial charge is 0.326 e. The zero-order valence-electron chi connectivity index (χ0n) is 10.8. The van der Waals surface area contributed by atoms with Crippen LogP contribution in [0, 0.1) is 5.82 Å². The molecule has 6 heteroatoms. The summed E-state index contributed by atoms with van der Waals surface area (Å²) in [5, 5.41) is 11.3. The number of hydrogen-bond donors (Lipinski definition) is 2. The average molecular weight is 269 g/mol. The van der Waals surface area contributed by atoms with Crippen LogP contribution in [0.4, 0.5) is 4.39 Å². The van der Waals surface area contributed by atoms with Crippen molar-refractivity contribution in [3.63, 3.8) is 0 Å². The second-order valence-corrected chi connectivity index (χ2v) is 4.00. The first-order valence-electron chi connectivity index (χ1n) is 5.86. The molecule has 1 unspecified atom stereocenters. The number of carbonyl (C=O) groups is 2. The maximum atomic E-state index is 13.4. The minimum absolute atomic E-state index is 0.0277. The molecule has 0 aromatic heterocycles. The van der Waals surface area contributed by atoms with E-state index in [0.717, 1.165) is 6.07 Å². The Morgan fingerprint density at radius 1 is 1.47 bits per heavy atom. The molecule has 1 aromatic carbocycles. The Bertz CT molecular complexity index is 476. The Labute approximate surface area is 110 Å². The lowest BCUT2D eigenvalue weighted by molar-refractivity contribution is -0.139. The molecule has 5 nitrogen and oxygen atoms in total. The third-order valence-corrected chi connectivity index (χ3v) is 2.59. The van der Waals surface area contributed by atoms with Gasteiger partial charge < -0.3 is 15.2 Å². The first-order valence-corrected chi connectivity index (χ1v) is 5.86. The van der Waals surface area contributed by atoms with Crippen LogP contribution < -0.4 is 10.1 Å². The Balaban J connectivity index is 2.82. The predicted octanol–water partition coefficient (Wildman–Crippen LogP) is 1.82. The highest BCUT2D eigenvalue weighted by molar-refractivity contribution is 5.96. The summed E-state index contributed by atoms with van der Waals surface area (Å²) in [5.41, 5.74) is 0.0562. The summed E-state index contributed by atoms with van der Waals surface area (Å²) in [6.45, 7) is 1.81. The summed E-state index contributed by atoms with van der Waals surface area (Å²) in [5.74, 6) is -2.37. The summed E-state index contributed by atoms with van der Waals surface area (Å²) < 4.78 is 18.2. The van der Waals surface area contributed by atoms with Gasteiger partial charge in [0.15, 0.2) is 11.6 Å². The lowest BCUT2D eigenvalue weighted by atomic mass is 10.1. The molecule has 0 saturated carbocycles. The third-order valence-electron chi connectivity index (χ3n) is 2.59. The normalized spacial score (nSPS) is 11.7. The highest BCUT2D eigenvalue weighted by Crippen LogP contribution is 2.17. The van der Waals surface area contributed by atoms with Crippen LogP contribution in [0.2, 0.25) is 0 Å². The number of carboxylic acid groups (broad SMARTS) is 1. The number of benzene rings is 1. The molecular formula is C13H16FNO4. The van der Waals surface area contributed by atoms with Crippen molar-refractivity contribution in [2.45, 2.75) is 25.8 Å². The zero-order valence-corrected chi connectivity index (χ0v) is 10.8. The lowest BCUT2D eigenvalue weighted by Crippen LogP contribution is -2.40. The summed E-state index contributed by atoms with van der Waals surface area (Å²) in [4.78, 5) is 22.7. The quantitative estimate of drug-likeness (QED) is 0.826. The van der Waals surface area contributed by atoms with Crippen LogP contribution in [0.5, 0.6) is 5.75 Å². The van der Waals surface area contributed by atoms with Crippen molar-refractivity contribution < 1.29 is 23.8 Å². The van der Waals surface area contributed by atoms with Crippen molar-refractivity contribution in [2.24, 2.45) is 0 Å². The summed E-state index contributed by atoms with van der Waals surface area (Å²) in [6, 6.07) is 2.74. The van der Waals surface area contributed by atoms with Gasteiger partial charge >= 0.3 is 5.97 Å². The number of rotatable bonds is 6. The first-order chi connectivity index (χ1) is 8.99. The van der Waals surface area contributed by atoms with E-state index >= 15 is 0 Å². The number of aliphatic carboxylic acids is 1. The van der Waals surface area contributed by atoms with Crippen LogP contribution in [0.15, 0.2) is 18.2 Å². The number of ether oxygens (including phenoxy) is 1. The topological polar surface area (TPSA) is 75.6 Å². The van der Waals surface area contributed by atoms with Gasteiger partial charge in [-0.1, -0.05) is 13.3 Å². The molecule has 0 aliphatic heterocycles. The monoisotopic (exact) mass is 269 g/mol. The van der Waals surface area contributed by atoms with Crippen molar-refractivity contribution in [1.29, 1.82) is 0 Å². The molecule has 2 N–H and O–H groups in total. The number of hydrogen-bond acceptors (Lipinski definition) is 3. The summed E-state index contributed by atoms with van der Waals surface area (Å²) in [7, 11) is 1.32. The van der Waals surface area contributed by atoms with Crippen molar-refractivity contribution in [2.75, 3.05) is 7.11 Å². The molecule has 0 saturated heterocycles. The standard InChI is InChI=1S/C13H16FNO4/c1-3-4-10(13(17)18)15-12(16)8-5-6-11(19-2)9(14)7-8/h5-7,10H,3-4H2,1-2H3,(H,15,16)(H,17,18). The first kappa shape index (κ1) is 14.9. The highest BCUT2D eigenvalue weighted by atomic mass is 19.1. The SMILES string of the molecule is CCCC(NC(=O)c1ccc(OC)c(F)c1)C(=O)O. The van der Waals surface area contributed by atoms with Crippen LogP contribution in [-0.2, 0) is 4.79 Å². The van der Waals surface area contributed by atoms with Gasteiger partial charge in [0.05, 0.1) is 7.11 Å². The molecule has 0 aliphatic carbocycles. The molecule has 0 fully saturated rings. The fourth-order valence-corrected chi connectivity index (χ4v) is 1.60. The summed E-state index contributed by atoms with van der Waals surface area (Å²) >= 11 is 0. The Kier molecular flexibility index (Phi) is 5.29. The van der Waals surface area contributed by atoms with Gasteiger partial charge in [-0.3, -0.25) is 4.79 Å². The van der Waals surface area contributed by atoms with Gasteiger partial charge in [-0.05, 0) is 24.6 Å². The van der Waals surface area contributed by atoms with Crippen molar-refractivity contribution in [3.05, 3.63) is 29.6 Å². The van der Waals surface area contributed by atoms with Crippen LogP contribution in [0.1, 0.15) is 30.1 Å². The second-order valence-electron chi connectivity index (χ2n) is 4.00. The number of carbonyl (C=O) groups excluding carboxylic acids is 1. The van der Waals surface area contributed by atoms with E-state index in [9.17, 15) is 14.0 Å². The van der Waals surface area contributed by atoms with E-state index in [1.54, 1.807) is 0 Å². The summed E-state index contributed by atoms with van der Waals surface area (Å²) in [6.07, 6.45) is 0.938. The van der Waals surface area contributed by atoms with Crippen molar-refractivity contribution >= 4 is 11.9 Å². The molecule has 0 aliphatic rings. The third kappa shape index (κ3) is 3.94. The molecule has 1 aromatic rings. The van der Waals surface area contributed by atoms with Crippen LogP contribution in [-0.4, -0.2) is 30.1 Å². The van der Waals surface area contributed by atoms with E-state index in [0.29, 0.717) is 12.8 Å². The fraction of sp³-hybridized carbons (Fsp3) is 0.385. The number of carboxylic acids is 1. The van der Waals surface area contributed by atoms with Gasteiger partial charge in [-0.2, -0.15) is 0 Å². The van der Waals surface area contributed by atoms with E-state index in [-0.39, 0.29) is 11.3 Å². The Morgan fingerprint density at radius 3 is 2.63 bits per heavy atom. The van der Waals surface area contributed by atoms with E-state index < -0.39 is 23.7 Å². The predicted molar refractivity (Wildman–Crippen MR) is 66.8 cm³/mol. The molecule has 0 radical (unpaired) electrons. The maximum absolute atomic E-state index is 13.4. The highest BCUT2D eigenvalue weighted by Gasteiger charge is 2.20. The largest absolute Gasteiger partial charge is 0.494 e. The van der Waals surface area contributed by atoms with Gasteiger partial charge in [-0.25, -0.2) is 9.18 Å². The zero-order chi connectivity index (χ0) is 14.4. The Morgan fingerprint density at radius 2 is 2.16 bits per heavy atom. The molecule has 104 valence electrons. The second kappa shape index (κ2) is 6.72. The van der Waals surface area contributed by atoms with E-state index in [1.807, 2.05) is 6.92 Å². The van der Waals surface area contributed by atoms with E-state index in [2.05, 4.69) is 5.32 Å².